The standard InChI is InChI=1S/C20H28N4O5/c1-23(2)10-4-9-21-18(26)14-5-7-15(8-6-14)22-17-16(20(28)29-3)13-24(11-12-25)19(17)27/h5-8,22,25H,4,9-13H2,1-3H3,(H,21,26). The van der Waals surface area contributed by atoms with Crippen LogP contribution in [0.2, 0.25) is 0 Å². The van der Waals surface area contributed by atoms with E-state index in [2.05, 4.69) is 15.5 Å². The number of ether oxygens (including phenoxy) is 1. The van der Waals surface area contributed by atoms with Crippen LogP contribution in [0.1, 0.15) is 16.8 Å². The molecule has 0 atom stereocenters. The highest BCUT2D eigenvalue weighted by molar-refractivity contribution is 6.08. The Morgan fingerprint density at radius 3 is 2.52 bits per heavy atom. The maximum absolute atomic E-state index is 12.5. The molecule has 29 heavy (non-hydrogen) atoms. The minimum atomic E-state index is -0.602. The molecule has 9 nitrogen and oxygen atoms in total. The topological polar surface area (TPSA) is 111 Å². The fourth-order valence-electron chi connectivity index (χ4n) is 2.90. The highest BCUT2D eigenvalue weighted by Gasteiger charge is 2.34. The third-order valence-corrected chi connectivity index (χ3v) is 4.44. The van der Waals surface area contributed by atoms with Crippen molar-refractivity contribution in [1.29, 1.82) is 0 Å². The number of β-amino-alcohol motifs (C(OH)–C–C–N with tert-alkyl or cyclic N) is 1. The number of benzene rings is 1. The van der Waals surface area contributed by atoms with Crippen LogP contribution < -0.4 is 10.6 Å². The fraction of sp³-hybridized carbons (Fsp3) is 0.450. The molecule has 0 unspecified atom stereocenters. The van der Waals surface area contributed by atoms with Gasteiger partial charge in [-0.1, -0.05) is 0 Å². The summed E-state index contributed by atoms with van der Waals surface area (Å²) in [5, 5.41) is 14.9. The van der Waals surface area contributed by atoms with Gasteiger partial charge in [0.15, 0.2) is 0 Å². The van der Waals surface area contributed by atoms with E-state index in [1.165, 1.54) is 12.0 Å². The Balaban J connectivity index is 2.04. The Morgan fingerprint density at radius 2 is 1.93 bits per heavy atom. The van der Waals surface area contributed by atoms with Crippen LogP contribution in [0, 0.1) is 0 Å². The van der Waals surface area contributed by atoms with Gasteiger partial charge in [-0.2, -0.15) is 0 Å². The quantitative estimate of drug-likeness (QED) is 0.373. The molecule has 3 N–H and O–H groups in total. The van der Waals surface area contributed by atoms with E-state index in [4.69, 9.17) is 9.84 Å². The van der Waals surface area contributed by atoms with E-state index < -0.39 is 5.97 Å². The molecule has 9 heteroatoms. The number of methoxy groups -OCH3 is 1. The number of amides is 2. The van der Waals surface area contributed by atoms with Gasteiger partial charge in [0.05, 0.1) is 25.8 Å². The zero-order valence-electron chi connectivity index (χ0n) is 17.0. The van der Waals surface area contributed by atoms with E-state index in [-0.39, 0.29) is 42.8 Å². The monoisotopic (exact) mass is 404 g/mol. The van der Waals surface area contributed by atoms with Crippen LogP contribution in [0.4, 0.5) is 5.69 Å². The van der Waals surface area contributed by atoms with Crippen molar-refractivity contribution in [3.05, 3.63) is 41.1 Å². The first-order chi connectivity index (χ1) is 13.9. The number of carbonyl (C=O) groups excluding carboxylic acids is 3. The molecule has 0 fully saturated rings. The summed E-state index contributed by atoms with van der Waals surface area (Å²) in [6.07, 6.45) is 0.856. The van der Waals surface area contributed by atoms with E-state index in [0.29, 0.717) is 17.8 Å². The van der Waals surface area contributed by atoms with Crippen molar-refractivity contribution < 1.29 is 24.2 Å². The van der Waals surface area contributed by atoms with Crippen molar-refractivity contribution in [3.63, 3.8) is 0 Å². The Bertz CT molecular complexity index is 774. The van der Waals surface area contributed by atoms with Gasteiger partial charge in [0.2, 0.25) is 0 Å². The Kier molecular flexibility index (Phi) is 8.17. The molecule has 0 aliphatic carbocycles. The molecule has 2 amide bonds. The average molecular weight is 404 g/mol. The van der Waals surface area contributed by atoms with Gasteiger partial charge in [-0.05, 0) is 51.3 Å². The molecule has 1 aliphatic heterocycles. The van der Waals surface area contributed by atoms with Gasteiger partial charge in [0, 0.05) is 24.3 Å². The number of nitrogens with zero attached hydrogens (tertiary/aromatic N) is 2. The first kappa shape index (κ1) is 22.4. The molecule has 1 aromatic carbocycles. The van der Waals surface area contributed by atoms with E-state index >= 15 is 0 Å². The minimum absolute atomic E-state index is 0.0713. The zero-order valence-corrected chi connectivity index (χ0v) is 17.0. The Morgan fingerprint density at radius 1 is 1.24 bits per heavy atom. The van der Waals surface area contributed by atoms with Crippen molar-refractivity contribution in [2.75, 3.05) is 59.3 Å². The van der Waals surface area contributed by atoms with Crippen molar-refractivity contribution in [2.24, 2.45) is 0 Å². The Hall–Kier alpha value is -2.91. The summed E-state index contributed by atoms with van der Waals surface area (Å²) >= 11 is 0. The van der Waals surface area contributed by atoms with Gasteiger partial charge in [0.25, 0.3) is 11.8 Å². The van der Waals surface area contributed by atoms with Crippen LogP contribution in [0.25, 0.3) is 0 Å². The summed E-state index contributed by atoms with van der Waals surface area (Å²) in [5.74, 6) is -1.16. The van der Waals surface area contributed by atoms with Crippen LogP contribution in [0.15, 0.2) is 35.5 Å². The lowest BCUT2D eigenvalue weighted by Crippen LogP contribution is -2.31. The van der Waals surface area contributed by atoms with E-state index in [0.717, 1.165) is 13.0 Å². The summed E-state index contributed by atoms with van der Waals surface area (Å²) in [4.78, 5) is 40.1. The van der Waals surface area contributed by atoms with E-state index in [9.17, 15) is 14.4 Å². The van der Waals surface area contributed by atoms with Gasteiger partial charge in [-0.25, -0.2) is 4.79 Å². The van der Waals surface area contributed by atoms with Crippen LogP contribution in [0.3, 0.4) is 0 Å². The van der Waals surface area contributed by atoms with Gasteiger partial charge in [0.1, 0.15) is 5.70 Å². The van der Waals surface area contributed by atoms with Crippen molar-refractivity contribution in [3.8, 4) is 0 Å². The van der Waals surface area contributed by atoms with E-state index in [1.54, 1.807) is 24.3 Å². The second-order valence-corrected chi connectivity index (χ2v) is 6.91. The number of hydrogen-bond donors (Lipinski definition) is 3. The largest absolute Gasteiger partial charge is 0.466 e. The summed E-state index contributed by atoms with van der Waals surface area (Å²) in [6.45, 7) is 1.47. The maximum Gasteiger partial charge on any atom is 0.337 e. The predicted molar refractivity (Wildman–Crippen MR) is 108 cm³/mol. The number of nitrogens with one attached hydrogen (secondary N) is 2. The van der Waals surface area contributed by atoms with Gasteiger partial charge < -0.3 is 30.3 Å². The first-order valence-electron chi connectivity index (χ1n) is 9.39. The number of aliphatic hydroxyl groups excluding tert-OH is 1. The summed E-state index contributed by atoms with van der Waals surface area (Å²) in [6, 6.07) is 6.62. The SMILES string of the molecule is COC(=O)C1=C(Nc2ccc(C(=O)NCCCN(C)C)cc2)C(=O)N(CCO)C1. The molecule has 0 saturated heterocycles. The third kappa shape index (κ3) is 6.03. The second kappa shape index (κ2) is 10.6. The molecule has 0 spiro atoms. The van der Waals surface area contributed by atoms with Crippen molar-refractivity contribution in [1.82, 2.24) is 15.1 Å². The molecule has 0 radical (unpaired) electrons. The summed E-state index contributed by atoms with van der Waals surface area (Å²) < 4.78 is 4.75. The maximum atomic E-state index is 12.5. The number of rotatable bonds is 10. The van der Waals surface area contributed by atoms with Gasteiger partial charge in [-0.15, -0.1) is 0 Å². The highest BCUT2D eigenvalue weighted by atomic mass is 16.5. The fourth-order valence-corrected chi connectivity index (χ4v) is 2.90. The van der Waals surface area contributed by atoms with Crippen LogP contribution >= 0.6 is 0 Å². The predicted octanol–water partition coefficient (Wildman–Crippen LogP) is 0.0416. The van der Waals surface area contributed by atoms with Crippen LogP contribution in [-0.4, -0.2) is 86.7 Å². The number of hydrogen-bond acceptors (Lipinski definition) is 7. The smallest absolute Gasteiger partial charge is 0.337 e. The number of carbonyl (C=O) groups is 3. The zero-order chi connectivity index (χ0) is 21.4. The van der Waals surface area contributed by atoms with Gasteiger partial charge in [-0.3, -0.25) is 9.59 Å². The average Bonchev–Trinajstić information content (AvgIpc) is 3.01. The number of aliphatic hydroxyl groups is 1. The minimum Gasteiger partial charge on any atom is -0.466 e. The molecule has 0 saturated carbocycles. The highest BCUT2D eigenvalue weighted by Crippen LogP contribution is 2.22. The summed E-state index contributed by atoms with van der Waals surface area (Å²) in [7, 11) is 5.21. The lowest BCUT2D eigenvalue weighted by molar-refractivity contribution is -0.136. The van der Waals surface area contributed by atoms with Gasteiger partial charge >= 0.3 is 5.97 Å². The molecular formula is C20H28N4O5. The van der Waals surface area contributed by atoms with Crippen molar-refractivity contribution >= 4 is 23.5 Å². The molecule has 1 heterocycles. The third-order valence-electron chi connectivity index (χ3n) is 4.44. The molecule has 2 rings (SSSR count). The molecule has 1 aliphatic rings. The van der Waals surface area contributed by atoms with Crippen molar-refractivity contribution in [2.45, 2.75) is 6.42 Å². The van der Waals surface area contributed by atoms with Crippen LogP contribution in [-0.2, 0) is 14.3 Å². The second-order valence-electron chi connectivity index (χ2n) is 6.91. The van der Waals surface area contributed by atoms with Crippen LogP contribution in [0.5, 0.6) is 0 Å². The number of esters is 1. The number of anilines is 1. The lowest BCUT2D eigenvalue weighted by atomic mass is 10.1. The van der Waals surface area contributed by atoms with E-state index in [1.807, 2.05) is 14.1 Å². The molecular weight excluding hydrogens is 376 g/mol. The lowest BCUT2D eigenvalue weighted by Gasteiger charge is -2.15. The molecule has 0 aromatic heterocycles. The molecule has 1 aromatic rings. The Labute approximate surface area is 170 Å². The molecule has 0 bridgehead atoms. The molecule has 158 valence electrons. The normalized spacial score (nSPS) is 13.8. The first-order valence-corrected chi connectivity index (χ1v) is 9.39. The summed E-state index contributed by atoms with van der Waals surface area (Å²) in [5.41, 5.74) is 1.38.